The normalized spacial score (nSPS) is 10.7. The quantitative estimate of drug-likeness (QED) is 0.356. The number of nitrogens with one attached hydrogen (secondary N) is 2. The van der Waals surface area contributed by atoms with Crippen LogP contribution in [0.25, 0.3) is 11.1 Å². The molecular formula is C18H18N4O5. The molecule has 3 rings (SSSR count). The van der Waals surface area contributed by atoms with Crippen molar-refractivity contribution >= 4 is 28.4 Å². The molecule has 0 aliphatic rings. The summed E-state index contributed by atoms with van der Waals surface area (Å²) >= 11 is 0. The van der Waals surface area contributed by atoms with E-state index in [1.54, 1.807) is 42.5 Å². The number of rotatable bonds is 8. The number of para-hydroxylation sites is 4. The summed E-state index contributed by atoms with van der Waals surface area (Å²) in [7, 11) is 0. The number of aromatic nitrogens is 1. The molecule has 140 valence electrons. The summed E-state index contributed by atoms with van der Waals surface area (Å²) in [6, 6.07) is 13.3. The Morgan fingerprint density at radius 1 is 1.11 bits per heavy atom. The molecule has 9 heteroatoms. The van der Waals surface area contributed by atoms with E-state index < -0.39 is 10.7 Å². The molecule has 0 saturated heterocycles. The maximum Gasteiger partial charge on any atom is 0.419 e. The second-order valence-corrected chi connectivity index (χ2v) is 5.79. The molecule has 1 amide bonds. The lowest BCUT2D eigenvalue weighted by molar-refractivity contribution is -0.384. The average Bonchev–Trinajstić information content (AvgIpc) is 2.99. The molecule has 0 radical (unpaired) electrons. The number of amides is 1. The Balaban J connectivity index is 1.47. The van der Waals surface area contributed by atoms with Gasteiger partial charge in [0.2, 0.25) is 5.91 Å². The number of benzene rings is 2. The van der Waals surface area contributed by atoms with E-state index in [0.29, 0.717) is 29.9 Å². The van der Waals surface area contributed by atoms with Crippen LogP contribution in [0.5, 0.6) is 0 Å². The van der Waals surface area contributed by atoms with E-state index >= 15 is 0 Å². The lowest BCUT2D eigenvalue weighted by Gasteiger charge is -2.08. The number of hydrogen-bond acceptors (Lipinski definition) is 6. The van der Waals surface area contributed by atoms with E-state index in [-0.39, 0.29) is 24.6 Å². The van der Waals surface area contributed by atoms with Crippen LogP contribution in [-0.2, 0) is 11.3 Å². The zero-order valence-electron chi connectivity index (χ0n) is 14.4. The second kappa shape index (κ2) is 8.17. The fraction of sp³-hybridized carbons (Fsp3) is 0.222. The highest BCUT2D eigenvalue weighted by Gasteiger charge is 2.12. The van der Waals surface area contributed by atoms with Gasteiger partial charge in [0.05, 0.1) is 10.4 Å². The van der Waals surface area contributed by atoms with Crippen LogP contribution in [0, 0.1) is 10.1 Å². The highest BCUT2D eigenvalue weighted by molar-refractivity contribution is 5.76. The van der Waals surface area contributed by atoms with Crippen molar-refractivity contribution in [3.05, 3.63) is 69.2 Å². The third-order valence-electron chi connectivity index (χ3n) is 4.00. The number of nitrogens with zero attached hydrogens (tertiary/aromatic N) is 2. The number of hydrogen-bond donors (Lipinski definition) is 2. The Morgan fingerprint density at radius 3 is 2.67 bits per heavy atom. The molecule has 0 fully saturated rings. The monoisotopic (exact) mass is 370 g/mol. The van der Waals surface area contributed by atoms with Crippen molar-refractivity contribution in [1.82, 2.24) is 9.88 Å². The van der Waals surface area contributed by atoms with Gasteiger partial charge in [-0.1, -0.05) is 24.3 Å². The Hall–Kier alpha value is -3.62. The van der Waals surface area contributed by atoms with Crippen LogP contribution in [0.3, 0.4) is 0 Å². The van der Waals surface area contributed by atoms with Gasteiger partial charge in [-0.05, 0) is 18.2 Å². The Bertz CT molecular complexity index is 1020. The third-order valence-corrected chi connectivity index (χ3v) is 4.00. The van der Waals surface area contributed by atoms with Crippen LogP contribution >= 0.6 is 0 Å². The first-order valence-electron chi connectivity index (χ1n) is 8.38. The van der Waals surface area contributed by atoms with E-state index in [4.69, 9.17) is 4.42 Å². The van der Waals surface area contributed by atoms with Gasteiger partial charge in [0, 0.05) is 32.1 Å². The van der Waals surface area contributed by atoms with Gasteiger partial charge in [-0.3, -0.25) is 19.5 Å². The maximum atomic E-state index is 12.0. The molecule has 9 nitrogen and oxygen atoms in total. The number of oxazole rings is 1. The third kappa shape index (κ3) is 4.32. The molecule has 0 saturated carbocycles. The summed E-state index contributed by atoms with van der Waals surface area (Å²) in [6.45, 7) is 0.844. The SMILES string of the molecule is O=C(CCn1c(=O)oc2ccccc21)NCCNc1ccccc1[N+](=O)[O-]. The van der Waals surface area contributed by atoms with Crippen LogP contribution < -0.4 is 16.4 Å². The first-order chi connectivity index (χ1) is 13.1. The molecule has 0 unspecified atom stereocenters. The molecule has 1 heterocycles. The first-order valence-corrected chi connectivity index (χ1v) is 8.38. The first kappa shape index (κ1) is 18.2. The van der Waals surface area contributed by atoms with Crippen molar-refractivity contribution in [1.29, 1.82) is 0 Å². The molecule has 0 atom stereocenters. The summed E-state index contributed by atoms with van der Waals surface area (Å²) in [4.78, 5) is 34.3. The second-order valence-electron chi connectivity index (χ2n) is 5.79. The molecule has 2 N–H and O–H groups in total. The van der Waals surface area contributed by atoms with Gasteiger partial charge in [0.25, 0.3) is 5.69 Å². The minimum Gasteiger partial charge on any atom is -0.408 e. The summed E-state index contributed by atoms with van der Waals surface area (Å²) in [5.41, 5.74) is 1.51. The van der Waals surface area contributed by atoms with Gasteiger partial charge in [-0.15, -0.1) is 0 Å². The van der Waals surface area contributed by atoms with Gasteiger partial charge >= 0.3 is 5.76 Å². The van der Waals surface area contributed by atoms with Crippen molar-refractivity contribution in [3.63, 3.8) is 0 Å². The molecule has 0 aliphatic carbocycles. The van der Waals surface area contributed by atoms with E-state index in [1.807, 2.05) is 0 Å². The van der Waals surface area contributed by atoms with Crippen molar-refractivity contribution in [3.8, 4) is 0 Å². The Morgan fingerprint density at radius 2 is 1.85 bits per heavy atom. The van der Waals surface area contributed by atoms with E-state index in [2.05, 4.69) is 10.6 Å². The fourth-order valence-corrected chi connectivity index (χ4v) is 2.71. The van der Waals surface area contributed by atoms with Crippen molar-refractivity contribution in [2.75, 3.05) is 18.4 Å². The predicted octanol–water partition coefficient (Wildman–Crippen LogP) is 2.12. The van der Waals surface area contributed by atoms with E-state index in [9.17, 15) is 19.7 Å². The highest BCUT2D eigenvalue weighted by atomic mass is 16.6. The van der Waals surface area contributed by atoms with Crippen LogP contribution in [-0.4, -0.2) is 28.5 Å². The van der Waals surface area contributed by atoms with Gasteiger partial charge in [0.1, 0.15) is 5.69 Å². The molecule has 0 spiro atoms. The number of carbonyl (C=O) groups excluding carboxylic acids is 1. The minimum absolute atomic E-state index is 0.0185. The summed E-state index contributed by atoms with van der Waals surface area (Å²) < 4.78 is 6.54. The minimum atomic E-state index is -0.498. The summed E-state index contributed by atoms with van der Waals surface area (Å²) in [6.07, 6.45) is 0.120. The van der Waals surface area contributed by atoms with Crippen LogP contribution in [0.15, 0.2) is 57.7 Å². The van der Waals surface area contributed by atoms with Gasteiger partial charge in [-0.2, -0.15) is 0 Å². The van der Waals surface area contributed by atoms with Crippen molar-refractivity contribution in [2.45, 2.75) is 13.0 Å². The topological polar surface area (TPSA) is 119 Å². The Kier molecular flexibility index (Phi) is 5.50. The fourth-order valence-electron chi connectivity index (χ4n) is 2.71. The van der Waals surface area contributed by atoms with Gasteiger partial charge < -0.3 is 15.1 Å². The van der Waals surface area contributed by atoms with Crippen LogP contribution in [0.4, 0.5) is 11.4 Å². The largest absolute Gasteiger partial charge is 0.419 e. The highest BCUT2D eigenvalue weighted by Crippen LogP contribution is 2.22. The van der Waals surface area contributed by atoms with E-state index in [1.165, 1.54) is 10.6 Å². The number of carbonyl (C=O) groups is 1. The molecular weight excluding hydrogens is 352 g/mol. The zero-order chi connectivity index (χ0) is 19.2. The van der Waals surface area contributed by atoms with Crippen LogP contribution in [0.1, 0.15) is 6.42 Å². The van der Waals surface area contributed by atoms with E-state index in [0.717, 1.165) is 0 Å². The van der Waals surface area contributed by atoms with Crippen molar-refractivity contribution in [2.24, 2.45) is 0 Å². The molecule has 0 aliphatic heterocycles. The zero-order valence-corrected chi connectivity index (χ0v) is 14.4. The maximum absolute atomic E-state index is 12.0. The predicted molar refractivity (Wildman–Crippen MR) is 99.7 cm³/mol. The molecule has 27 heavy (non-hydrogen) atoms. The lowest BCUT2D eigenvalue weighted by atomic mass is 10.2. The summed E-state index contributed by atoms with van der Waals surface area (Å²) in [5, 5.41) is 16.6. The smallest absolute Gasteiger partial charge is 0.408 e. The number of nitro benzene ring substituents is 1. The van der Waals surface area contributed by atoms with Gasteiger partial charge in [-0.25, -0.2) is 4.79 Å². The molecule has 3 aromatic rings. The standard InChI is InChI=1S/C18H18N4O5/c23-17(9-12-21-15-7-3-4-8-16(15)27-18(21)24)20-11-10-19-13-5-1-2-6-14(13)22(25)26/h1-8,19H,9-12H2,(H,20,23). The molecule has 0 bridgehead atoms. The van der Waals surface area contributed by atoms with Crippen molar-refractivity contribution < 1.29 is 14.1 Å². The Labute approximate surface area is 153 Å². The molecule has 1 aromatic heterocycles. The number of aryl methyl sites for hydroxylation is 1. The molecule has 2 aromatic carbocycles. The summed E-state index contributed by atoms with van der Waals surface area (Å²) in [5.74, 6) is -0.724. The number of fused-ring (bicyclic) bond motifs is 1. The number of nitro groups is 1. The number of anilines is 1. The lowest BCUT2D eigenvalue weighted by Crippen LogP contribution is -2.30. The van der Waals surface area contributed by atoms with Gasteiger partial charge in [0.15, 0.2) is 5.58 Å². The average molecular weight is 370 g/mol. The van der Waals surface area contributed by atoms with Crippen LogP contribution in [0.2, 0.25) is 0 Å².